The van der Waals surface area contributed by atoms with Crippen molar-refractivity contribution >= 4 is 27.1 Å². The molecule has 3 aromatic rings. The van der Waals surface area contributed by atoms with Crippen molar-refractivity contribution in [1.29, 1.82) is 0 Å². The van der Waals surface area contributed by atoms with Gasteiger partial charge in [-0.05, 0) is 34.0 Å². The molecule has 5 N–H and O–H groups in total. The number of para-hydroxylation sites is 1. The third kappa shape index (κ3) is 2.10. The summed E-state index contributed by atoms with van der Waals surface area (Å²) < 4.78 is 1.24. The minimum Gasteiger partial charge on any atom is -0.398 e. The van der Waals surface area contributed by atoms with Gasteiger partial charge >= 0.3 is 0 Å². The van der Waals surface area contributed by atoms with Gasteiger partial charge in [-0.1, -0.05) is 36.4 Å². The van der Waals surface area contributed by atoms with Crippen molar-refractivity contribution in [2.24, 2.45) is 5.84 Å². The molecule has 1 heterocycles. The van der Waals surface area contributed by atoms with Crippen molar-refractivity contribution in [1.82, 2.24) is 5.43 Å². The predicted molar refractivity (Wildman–Crippen MR) is 81.8 cm³/mol. The van der Waals surface area contributed by atoms with Gasteiger partial charge in [0, 0.05) is 10.4 Å². The molecule has 19 heavy (non-hydrogen) atoms. The molecule has 96 valence electrons. The van der Waals surface area contributed by atoms with E-state index in [2.05, 4.69) is 29.0 Å². The number of thiophene rings is 1. The number of hydrogen-bond acceptors (Lipinski definition) is 4. The SMILES string of the molecule is NNC(c1ccccc1N)c1cccc2ccsc12. The number of anilines is 1. The van der Waals surface area contributed by atoms with Gasteiger partial charge in [0.25, 0.3) is 0 Å². The minimum atomic E-state index is -0.0939. The lowest BCUT2D eigenvalue weighted by Gasteiger charge is -2.19. The summed E-state index contributed by atoms with van der Waals surface area (Å²) in [5.74, 6) is 5.76. The van der Waals surface area contributed by atoms with Crippen LogP contribution in [0.3, 0.4) is 0 Å². The molecular weight excluding hydrogens is 254 g/mol. The van der Waals surface area contributed by atoms with Gasteiger partial charge in [0.2, 0.25) is 0 Å². The Balaban J connectivity index is 2.18. The Hall–Kier alpha value is -1.88. The smallest absolute Gasteiger partial charge is 0.0743 e. The highest BCUT2D eigenvalue weighted by atomic mass is 32.1. The Morgan fingerprint density at radius 3 is 2.53 bits per heavy atom. The zero-order valence-electron chi connectivity index (χ0n) is 10.3. The summed E-state index contributed by atoms with van der Waals surface area (Å²) in [4.78, 5) is 0. The standard InChI is InChI=1S/C15H15N3S/c16-13-7-2-1-5-11(13)14(18-17)12-6-3-4-10-8-9-19-15(10)12/h1-9,14,18H,16-17H2. The van der Waals surface area contributed by atoms with Crippen LogP contribution in [0.5, 0.6) is 0 Å². The lowest BCUT2D eigenvalue weighted by molar-refractivity contribution is 0.643. The lowest BCUT2D eigenvalue weighted by atomic mass is 9.97. The zero-order valence-corrected chi connectivity index (χ0v) is 11.2. The molecule has 1 unspecified atom stereocenters. The van der Waals surface area contributed by atoms with Crippen molar-refractivity contribution in [3.05, 3.63) is 65.0 Å². The Bertz CT molecular complexity index is 705. The molecule has 0 aliphatic carbocycles. The fourth-order valence-electron chi connectivity index (χ4n) is 2.36. The van der Waals surface area contributed by atoms with E-state index in [9.17, 15) is 0 Å². The van der Waals surface area contributed by atoms with Crippen molar-refractivity contribution in [3.8, 4) is 0 Å². The minimum absolute atomic E-state index is 0.0939. The van der Waals surface area contributed by atoms with E-state index in [1.54, 1.807) is 11.3 Å². The maximum Gasteiger partial charge on any atom is 0.0743 e. The second-order valence-corrected chi connectivity index (χ2v) is 5.33. The summed E-state index contributed by atoms with van der Waals surface area (Å²) in [6.45, 7) is 0. The first-order valence-electron chi connectivity index (χ1n) is 6.08. The molecule has 0 spiro atoms. The van der Waals surface area contributed by atoms with Crippen molar-refractivity contribution < 1.29 is 0 Å². The molecule has 4 heteroatoms. The van der Waals surface area contributed by atoms with Crippen LogP contribution < -0.4 is 17.0 Å². The van der Waals surface area contributed by atoms with Crippen LogP contribution in [0.15, 0.2) is 53.9 Å². The molecule has 0 radical (unpaired) electrons. The molecule has 3 nitrogen and oxygen atoms in total. The zero-order chi connectivity index (χ0) is 13.2. The van der Waals surface area contributed by atoms with E-state index in [4.69, 9.17) is 11.6 Å². The second-order valence-electron chi connectivity index (χ2n) is 4.41. The van der Waals surface area contributed by atoms with Gasteiger partial charge < -0.3 is 5.73 Å². The summed E-state index contributed by atoms with van der Waals surface area (Å²) in [5.41, 5.74) is 11.9. The van der Waals surface area contributed by atoms with Crippen LogP contribution in [0.2, 0.25) is 0 Å². The molecule has 1 atom stereocenters. The number of nitrogens with two attached hydrogens (primary N) is 2. The summed E-state index contributed by atoms with van der Waals surface area (Å²) >= 11 is 1.72. The Labute approximate surface area is 115 Å². The van der Waals surface area contributed by atoms with E-state index >= 15 is 0 Å². The number of nitrogens with one attached hydrogen (secondary N) is 1. The quantitative estimate of drug-likeness (QED) is 0.389. The highest BCUT2D eigenvalue weighted by Crippen LogP contribution is 2.33. The third-order valence-corrected chi connectivity index (χ3v) is 4.27. The summed E-state index contributed by atoms with van der Waals surface area (Å²) in [6, 6.07) is 16.1. The Morgan fingerprint density at radius 2 is 1.74 bits per heavy atom. The molecule has 0 bridgehead atoms. The number of nitrogen functional groups attached to an aromatic ring is 1. The van der Waals surface area contributed by atoms with Crippen LogP contribution in [0.4, 0.5) is 5.69 Å². The maximum atomic E-state index is 6.06. The second kappa shape index (κ2) is 5.01. The monoisotopic (exact) mass is 269 g/mol. The van der Waals surface area contributed by atoms with E-state index < -0.39 is 0 Å². The van der Waals surface area contributed by atoms with Gasteiger partial charge in [0.1, 0.15) is 0 Å². The average Bonchev–Trinajstić information content (AvgIpc) is 2.91. The van der Waals surface area contributed by atoms with Crippen molar-refractivity contribution in [3.63, 3.8) is 0 Å². The first-order chi connectivity index (χ1) is 9.31. The fourth-order valence-corrected chi connectivity index (χ4v) is 3.31. The van der Waals surface area contributed by atoms with Gasteiger partial charge in [-0.3, -0.25) is 5.84 Å². The lowest BCUT2D eigenvalue weighted by Crippen LogP contribution is -2.29. The molecule has 0 saturated heterocycles. The van der Waals surface area contributed by atoms with Crippen LogP contribution in [-0.2, 0) is 0 Å². The first kappa shape index (κ1) is 12.2. The largest absolute Gasteiger partial charge is 0.398 e. The average molecular weight is 269 g/mol. The topological polar surface area (TPSA) is 64.1 Å². The molecule has 0 fully saturated rings. The van der Waals surface area contributed by atoms with Crippen LogP contribution in [0.1, 0.15) is 17.2 Å². The molecule has 1 aromatic heterocycles. The summed E-state index contributed by atoms with van der Waals surface area (Å²) in [5, 5.41) is 3.33. The molecule has 3 rings (SSSR count). The highest BCUT2D eigenvalue weighted by molar-refractivity contribution is 7.17. The number of rotatable bonds is 3. The van der Waals surface area contributed by atoms with Crippen molar-refractivity contribution in [2.75, 3.05) is 5.73 Å². The van der Waals surface area contributed by atoms with E-state index in [1.807, 2.05) is 30.3 Å². The molecule has 0 aliphatic rings. The fraction of sp³-hybridized carbons (Fsp3) is 0.0667. The van der Waals surface area contributed by atoms with E-state index in [0.29, 0.717) is 0 Å². The Kier molecular flexibility index (Phi) is 3.21. The van der Waals surface area contributed by atoms with Crippen molar-refractivity contribution in [2.45, 2.75) is 6.04 Å². The first-order valence-corrected chi connectivity index (χ1v) is 6.96. The molecule has 0 amide bonds. The van der Waals surface area contributed by atoms with Crippen LogP contribution in [-0.4, -0.2) is 0 Å². The van der Waals surface area contributed by atoms with Crippen LogP contribution in [0, 0.1) is 0 Å². The van der Waals surface area contributed by atoms with Crippen LogP contribution in [0.25, 0.3) is 10.1 Å². The highest BCUT2D eigenvalue weighted by Gasteiger charge is 2.17. The Morgan fingerprint density at radius 1 is 0.947 bits per heavy atom. The van der Waals surface area contributed by atoms with Crippen LogP contribution >= 0.6 is 11.3 Å². The number of hydrazine groups is 1. The van der Waals surface area contributed by atoms with Gasteiger partial charge in [0.05, 0.1) is 6.04 Å². The summed E-state index contributed by atoms with van der Waals surface area (Å²) in [6.07, 6.45) is 0. The molecule has 0 aliphatic heterocycles. The summed E-state index contributed by atoms with van der Waals surface area (Å²) in [7, 11) is 0. The maximum absolute atomic E-state index is 6.06. The van der Waals surface area contributed by atoms with E-state index in [-0.39, 0.29) is 6.04 Å². The predicted octanol–water partition coefficient (Wildman–Crippen LogP) is 3.04. The molecule has 0 saturated carbocycles. The third-order valence-electron chi connectivity index (χ3n) is 3.29. The van der Waals surface area contributed by atoms with Gasteiger partial charge in [-0.25, -0.2) is 5.43 Å². The number of fused-ring (bicyclic) bond motifs is 1. The van der Waals surface area contributed by atoms with Gasteiger partial charge in [0.15, 0.2) is 0 Å². The van der Waals surface area contributed by atoms with Gasteiger partial charge in [-0.2, -0.15) is 0 Å². The molecule has 2 aromatic carbocycles. The van der Waals surface area contributed by atoms with E-state index in [0.717, 1.165) is 16.8 Å². The van der Waals surface area contributed by atoms with E-state index in [1.165, 1.54) is 10.1 Å². The number of hydrogen-bond donors (Lipinski definition) is 3. The number of benzene rings is 2. The van der Waals surface area contributed by atoms with Gasteiger partial charge in [-0.15, -0.1) is 11.3 Å². The molecular formula is C15H15N3S. The normalized spacial score (nSPS) is 12.7.